The zero-order valence-electron chi connectivity index (χ0n) is 31.3. The second kappa shape index (κ2) is 17.3. The van der Waals surface area contributed by atoms with Crippen LogP contribution in [0.3, 0.4) is 0 Å². The zero-order chi connectivity index (χ0) is 34.8. The van der Waals surface area contributed by atoms with Gasteiger partial charge >= 0.3 is 0 Å². The molecule has 18 atom stereocenters. The quantitative estimate of drug-likeness (QED) is 0.107. The van der Waals surface area contributed by atoms with E-state index in [9.17, 15) is 10.2 Å². The molecule has 0 aliphatic heterocycles. The molecule has 4 aliphatic rings. The van der Waals surface area contributed by atoms with Crippen LogP contribution in [0.4, 0.5) is 0 Å². The molecule has 0 aromatic carbocycles. The maximum absolute atomic E-state index is 10.6. The van der Waals surface area contributed by atoms with Crippen molar-refractivity contribution in [1.82, 2.24) is 0 Å². The Morgan fingerprint density at radius 2 is 1.04 bits per heavy atom. The summed E-state index contributed by atoms with van der Waals surface area (Å²) in [6.45, 7) is 18.7. The highest BCUT2D eigenvalue weighted by Crippen LogP contribution is 2.46. The molecule has 0 amide bonds. The number of hydrogen-bond donors (Lipinski definition) is 2. The molecule has 4 fully saturated rings. The minimum absolute atomic E-state index is 0.0140. The summed E-state index contributed by atoms with van der Waals surface area (Å²) in [4.78, 5) is 0. The van der Waals surface area contributed by atoms with Crippen LogP contribution in [0.5, 0.6) is 0 Å². The highest BCUT2D eigenvalue weighted by Gasteiger charge is 2.43. The maximum atomic E-state index is 10.6. The molecule has 2 N–H and O–H groups in total. The molecule has 0 bridgehead atoms. The van der Waals surface area contributed by atoms with E-state index >= 15 is 0 Å². The third kappa shape index (κ3) is 9.50. The molecule has 10 heteroatoms. The summed E-state index contributed by atoms with van der Waals surface area (Å²) in [5.74, 6) is 3.01. The van der Waals surface area contributed by atoms with Crippen molar-refractivity contribution in [3.05, 3.63) is 0 Å². The molecule has 0 saturated heterocycles. The molecule has 4 rings (SSSR count). The molecule has 45 heavy (non-hydrogen) atoms. The van der Waals surface area contributed by atoms with E-state index < -0.39 is 22.0 Å². The number of aliphatic hydroxyl groups excluding tert-OH is 2. The fourth-order valence-electron chi connectivity index (χ4n) is 8.67. The summed E-state index contributed by atoms with van der Waals surface area (Å²) in [6, 6.07) is 0. The summed E-state index contributed by atoms with van der Waals surface area (Å²) >= 11 is 0. The van der Waals surface area contributed by atoms with Gasteiger partial charge in [0.25, 0.3) is 0 Å². The van der Waals surface area contributed by atoms with Crippen molar-refractivity contribution in [3.63, 3.8) is 0 Å². The Morgan fingerprint density at radius 1 is 0.622 bits per heavy atom. The summed E-state index contributed by atoms with van der Waals surface area (Å²) in [7, 11) is -6.17. The Kier molecular flexibility index (Phi) is 13.5. The van der Waals surface area contributed by atoms with Crippen LogP contribution in [-0.4, -0.2) is 83.0 Å². The highest BCUT2D eigenvalue weighted by molar-refractivity contribution is 7.45. The molecule has 0 spiro atoms. The first kappa shape index (κ1) is 35.1. The van der Waals surface area contributed by atoms with Gasteiger partial charge in [-0.2, -0.15) is 0 Å². The van der Waals surface area contributed by atoms with E-state index in [0.29, 0.717) is 49.4 Å². The lowest BCUT2D eigenvalue weighted by Crippen LogP contribution is -2.30. The SMILES string of the molecule is [3H]P(=C)(OCC1CC(C)C(C)C1OCOCC1CC(C)C(C)C1OP([3H])(=C)OCC1CC(C)C(C)C1O)OC1C(CO)CC(C)C1C. The van der Waals surface area contributed by atoms with Gasteiger partial charge in [-0.05, 0) is 73.0 Å². The molecular weight excluding hydrogens is 610 g/mol. The van der Waals surface area contributed by atoms with Crippen LogP contribution in [0.2, 0.25) is 0 Å². The van der Waals surface area contributed by atoms with E-state index in [2.05, 4.69) is 68.0 Å². The summed E-state index contributed by atoms with van der Waals surface area (Å²) in [5, 5.41) is 20.4. The zero-order valence-corrected chi connectivity index (χ0v) is 31.0. The molecule has 0 heterocycles. The van der Waals surface area contributed by atoms with Gasteiger partial charge in [0.05, 0.1) is 44.2 Å². The van der Waals surface area contributed by atoms with E-state index in [1.54, 1.807) is 0 Å². The molecule has 18 unspecified atom stereocenters. The Morgan fingerprint density at radius 3 is 1.56 bits per heavy atom. The molecule has 264 valence electrons. The lowest BCUT2D eigenvalue weighted by atomic mass is 9.99. The Balaban J connectivity index is 1.25. The van der Waals surface area contributed by atoms with E-state index in [1.165, 1.54) is 0 Å². The molecule has 0 aromatic heterocycles. The van der Waals surface area contributed by atoms with Crippen LogP contribution in [-0.2, 0) is 27.6 Å². The fraction of sp³-hybridized carbons (Fsp3) is 0.943. The van der Waals surface area contributed by atoms with Gasteiger partial charge < -0.3 is 37.8 Å². The highest BCUT2D eigenvalue weighted by atomic mass is 31.1. The van der Waals surface area contributed by atoms with Crippen LogP contribution in [0.1, 0.15) is 81.1 Å². The molecular formula is C35H66O8P2. The second-order valence-electron chi connectivity index (χ2n) is 15.5. The van der Waals surface area contributed by atoms with Gasteiger partial charge in [-0.1, -0.05) is 68.0 Å². The predicted octanol–water partition coefficient (Wildman–Crippen LogP) is 6.62. The van der Waals surface area contributed by atoms with Gasteiger partial charge in [0.2, 0.25) is 0 Å². The van der Waals surface area contributed by atoms with E-state index in [1.807, 2.05) is 0 Å². The van der Waals surface area contributed by atoms with Gasteiger partial charge in [-0.25, -0.2) is 0 Å². The number of ether oxygens (including phenoxy) is 2. The number of hydrogen-bond acceptors (Lipinski definition) is 8. The van der Waals surface area contributed by atoms with Crippen LogP contribution in [0.15, 0.2) is 0 Å². The molecule has 4 aliphatic carbocycles. The smallest absolute Gasteiger partial charge is 0.147 e. The number of aliphatic hydroxyl groups is 2. The third-order valence-electron chi connectivity index (χ3n) is 12.5. The first-order chi connectivity index (χ1) is 21.9. The average Bonchev–Trinajstić information content (AvgIpc) is 3.63. The van der Waals surface area contributed by atoms with Crippen molar-refractivity contribution in [2.45, 2.75) is 105 Å². The topological polar surface area (TPSA) is 95.8 Å². The van der Waals surface area contributed by atoms with E-state index in [4.69, 9.17) is 30.1 Å². The van der Waals surface area contributed by atoms with Gasteiger partial charge in [0, 0.05) is 30.3 Å². The molecule has 8 nitrogen and oxygen atoms in total. The van der Waals surface area contributed by atoms with Gasteiger partial charge in [-0.15, -0.1) is 0 Å². The lowest BCUT2D eigenvalue weighted by Gasteiger charge is -2.28. The van der Waals surface area contributed by atoms with Crippen molar-refractivity contribution in [3.8, 4) is 0 Å². The van der Waals surface area contributed by atoms with Crippen LogP contribution < -0.4 is 0 Å². The Labute approximate surface area is 278 Å². The van der Waals surface area contributed by atoms with Crippen molar-refractivity contribution in [2.24, 2.45) is 71.0 Å². The minimum atomic E-state index is -3.09. The van der Waals surface area contributed by atoms with E-state index in [-0.39, 0.29) is 73.1 Å². The van der Waals surface area contributed by atoms with Crippen molar-refractivity contribution in [2.75, 3.05) is 33.2 Å². The van der Waals surface area contributed by atoms with Gasteiger partial charge in [0.1, 0.15) is 25.2 Å². The summed E-state index contributed by atoms with van der Waals surface area (Å²) in [6.07, 6.45) is 10.8. The minimum Gasteiger partial charge on any atom is -0.396 e. The molecule has 0 radical (unpaired) electrons. The predicted molar refractivity (Wildman–Crippen MR) is 187 cm³/mol. The van der Waals surface area contributed by atoms with Crippen LogP contribution in [0, 0.1) is 71.0 Å². The van der Waals surface area contributed by atoms with Crippen LogP contribution in [0.25, 0.3) is 0 Å². The van der Waals surface area contributed by atoms with Crippen molar-refractivity contribution >= 4 is 28.5 Å². The van der Waals surface area contributed by atoms with Gasteiger partial charge in [-0.3, -0.25) is 0 Å². The van der Waals surface area contributed by atoms with Crippen molar-refractivity contribution < 1.29 is 37.8 Å². The Bertz CT molecular complexity index is 1100. The van der Waals surface area contributed by atoms with E-state index in [0.717, 1.165) is 25.7 Å². The maximum Gasteiger partial charge on any atom is 0.147 e. The van der Waals surface area contributed by atoms with Crippen molar-refractivity contribution in [1.29, 1.82) is 2.56 Å². The normalized spacial score (nSPS) is 48.7. The van der Waals surface area contributed by atoms with Crippen LogP contribution >= 0.6 is 15.9 Å². The first-order valence-electron chi connectivity index (χ1n) is 18.5. The Hall–Kier alpha value is 0.280. The molecule has 0 aromatic rings. The standard InChI is InChI=1S/C35H66O8P2/c1-20-12-29(32(37)24(20)5)17-40-44(9)43-35-27(8)23(4)13-30(35)16-38-19-39-33-25(6)22(3)14-31(33)18-41-45(10)42-34-26(7)21(2)11-28(34)15-36/h20-37,44-45H,9-19H2,1-8H3/i44T,45T. The second-order valence-corrected chi connectivity index (χ2v) is 17.8. The summed E-state index contributed by atoms with van der Waals surface area (Å²) < 4.78 is 54.7. The summed E-state index contributed by atoms with van der Waals surface area (Å²) in [5.41, 5.74) is 0. The first-order valence-corrected chi connectivity index (χ1v) is 20.3. The number of rotatable bonds is 16. The lowest BCUT2D eigenvalue weighted by molar-refractivity contribution is -0.126. The fourth-order valence-corrected chi connectivity index (χ4v) is 10.8. The van der Waals surface area contributed by atoms with Gasteiger partial charge in [0.15, 0.2) is 0 Å². The third-order valence-corrected chi connectivity index (χ3v) is 14.3. The average molecular weight is 681 g/mol. The molecule has 4 saturated carbocycles. The monoisotopic (exact) mass is 680 g/mol. The largest absolute Gasteiger partial charge is 0.396 e.